The van der Waals surface area contributed by atoms with Crippen LogP contribution in [0.5, 0.6) is 0 Å². The van der Waals surface area contributed by atoms with Crippen LogP contribution in [0.1, 0.15) is 103 Å². The zero-order valence-corrected chi connectivity index (χ0v) is 60.9. The lowest BCUT2D eigenvalue weighted by atomic mass is 9.86. The molecule has 0 radical (unpaired) electrons. The van der Waals surface area contributed by atoms with E-state index in [1.165, 1.54) is 54.6 Å². The molecular formula is C65H78Cl3N3O34. The predicted molar refractivity (Wildman–Crippen MR) is 346 cm³/mol. The molecule has 0 spiro atoms. The summed E-state index contributed by atoms with van der Waals surface area (Å²) in [6.07, 6.45) is -30.9. The Labute approximate surface area is 613 Å². The van der Waals surface area contributed by atoms with Gasteiger partial charge in [-0.2, -0.15) is 0 Å². The fraction of sp³-hybridized carbons (Fsp3) is 0.569. The third kappa shape index (κ3) is 23.9. The van der Waals surface area contributed by atoms with Gasteiger partial charge in [-0.25, -0.2) is 19.2 Å². The van der Waals surface area contributed by atoms with Gasteiger partial charge in [0.15, 0.2) is 30.5 Å². The van der Waals surface area contributed by atoms with Crippen molar-refractivity contribution in [1.29, 1.82) is 5.41 Å². The quantitative estimate of drug-likeness (QED) is 0.0370. The molecule has 3 fully saturated rings. The Bertz CT molecular complexity index is 3510. The van der Waals surface area contributed by atoms with E-state index in [0.29, 0.717) is 4.90 Å². The average molecular weight is 1550 g/mol. The summed E-state index contributed by atoms with van der Waals surface area (Å²) in [6.45, 7) is 4.40. The number of amides is 3. The van der Waals surface area contributed by atoms with Crippen LogP contribution in [-0.2, 0) is 152 Å². The highest BCUT2D eigenvalue weighted by molar-refractivity contribution is 6.76. The number of alkyl halides is 3. The third-order valence-corrected chi connectivity index (χ3v) is 15.8. The molecule has 17 atom stereocenters. The van der Waals surface area contributed by atoms with Gasteiger partial charge in [0.1, 0.15) is 75.2 Å². The zero-order chi connectivity index (χ0) is 78.6. The number of nitrogens with one attached hydrogen (secondary N) is 2. The molecule has 3 heterocycles. The van der Waals surface area contributed by atoms with Gasteiger partial charge in [-0.05, 0) is 24.3 Å². The highest BCUT2D eigenvalue weighted by atomic mass is 35.6. The minimum atomic E-state index is -3.43. The lowest BCUT2D eigenvalue weighted by Crippen LogP contribution is -2.72. The zero-order valence-electron chi connectivity index (χ0n) is 58.6. The van der Waals surface area contributed by atoms with E-state index in [0.717, 1.165) is 90.6 Å². The molecule has 0 unspecified atom stereocenters. The maximum Gasteiger partial charge on any atom is 0.366 e. The van der Waals surface area contributed by atoms with Gasteiger partial charge in [-0.1, -0.05) is 71.2 Å². The van der Waals surface area contributed by atoms with Gasteiger partial charge in [0.25, 0.3) is 15.4 Å². The van der Waals surface area contributed by atoms with E-state index < -0.39 is 242 Å². The Kier molecular flexibility index (Phi) is 31.9. The number of hydrogen-bond donors (Lipinski definition) is 2. The average Bonchev–Trinajstić information content (AvgIpc) is 0.746. The second kappa shape index (κ2) is 38.7. The first kappa shape index (κ1) is 86.4. The minimum absolute atomic E-state index is 0.0439. The molecule has 3 aliphatic heterocycles. The highest BCUT2D eigenvalue weighted by Crippen LogP contribution is 2.44. The third-order valence-electron chi connectivity index (χ3n) is 15.3. The van der Waals surface area contributed by atoms with Crippen molar-refractivity contribution in [1.82, 2.24) is 10.2 Å². The van der Waals surface area contributed by atoms with Crippen LogP contribution in [0.4, 0.5) is 0 Å². The number of ether oxygens (including phenoxy) is 19. The highest BCUT2D eigenvalue weighted by Gasteiger charge is 2.65. The molecule has 2 N–H and O–H groups in total. The number of nitrogens with zero attached hydrogens (tertiary/aromatic N) is 1. The van der Waals surface area contributed by atoms with Gasteiger partial charge >= 0.3 is 71.6 Å². The molecule has 2 aromatic carbocycles. The Morgan fingerprint density at radius 2 is 1.02 bits per heavy atom. The van der Waals surface area contributed by atoms with Crippen molar-refractivity contribution < 1.29 is 162 Å². The first-order chi connectivity index (χ1) is 49.2. The van der Waals surface area contributed by atoms with Crippen molar-refractivity contribution in [2.75, 3.05) is 47.8 Å². The first-order valence-corrected chi connectivity index (χ1v) is 32.6. The molecule has 2 aromatic rings. The molecule has 37 nitrogen and oxygen atoms in total. The molecule has 0 saturated carbocycles. The van der Waals surface area contributed by atoms with Crippen molar-refractivity contribution in [2.45, 2.75) is 189 Å². The molecule has 105 heavy (non-hydrogen) atoms. The summed E-state index contributed by atoms with van der Waals surface area (Å²) >= 11 is 18.4. The Balaban J connectivity index is 1.84. The summed E-state index contributed by atoms with van der Waals surface area (Å²) in [7, 11) is 2.58. The van der Waals surface area contributed by atoms with Crippen molar-refractivity contribution in [3.8, 4) is 0 Å². The van der Waals surface area contributed by atoms with Gasteiger partial charge < -0.3 is 95.3 Å². The van der Waals surface area contributed by atoms with Crippen molar-refractivity contribution in [3.63, 3.8) is 0 Å². The van der Waals surface area contributed by atoms with Crippen LogP contribution < -0.4 is 5.32 Å². The Morgan fingerprint density at radius 3 is 1.50 bits per heavy atom. The standard InChI is InChI=1S/C65H78Cl3N3O34/c1-30(72)71(31(2)73)49-43(95-35(6)77)25-63(61(85)88-12,104-54(49)50(97-37(8)79)44(87-11)26-90-32(3)74)93-29-47(82)70-48-42(94-34(5)76)24-64(62(86)89-13,103-53(48)51(98-38(9)80)45(96-36(7)78)27-91-33(4)75)105-55-52(99-39(10)81)46(28-92-57(83)40-20-16-14-17-21-40)100-59(102-60(69)65(66,67)68)56(55)101-58(84)41-22-18-15-19-23-41/h14-23,42-46,48-56,59,69H,24-29H2,1-13H3,(H,70,82)/t42-,43-,44+,45+,46+,48+,49+,50+,51+,52-,53+,54+,55-,56+,59-,63+,64-/m0/s1. The van der Waals surface area contributed by atoms with Crippen LogP contribution in [0.3, 0.4) is 0 Å². The molecule has 578 valence electrons. The Morgan fingerprint density at radius 1 is 0.543 bits per heavy atom. The maximum atomic E-state index is 15.3. The van der Waals surface area contributed by atoms with E-state index in [2.05, 4.69) is 5.32 Å². The molecule has 0 bridgehead atoms. The number of carbonyl (C=O) groups excluding carboxylic acids is 15. The van der Waals surface area contributed by atoms with E-state index in [1.807, 2.05) is 0 Å². The Hall–Kier alpha value is -9.21. The van der Waals surface area contributed by atoms with E-state index in [-0.39, 0.29) is 11.1 Å². The molecular weight excluding hydrogens is 1470 g/mol. The first-order valence-electron chi connectivity index (χ1n) is 31.4. The van der Waals surface area contributed by atoms with Crippen LogP contribution >= 0.6 is 34.8 Å². The summed E-state index contributed by atoms with van der Waals surface area (Å²) in [5.74, 6) is -26.3. The molecule has 40 heteroatoms. The van der Waals surface area contributed by atoms with Gasteiger partial charge in [-0.3, -0.25) is 63.0 Å². The second-order valence-electron chi connectivity index (χ2n) is 23.2. The van der Waals surface area contributed by atoms with E-state index in [9.17, 15) is 62.3 Å². The van der Waals surface area contributed by atoms with E-state index in [1.54, 1.807) is 6.07 Å². The normalized spacial score (nSPS) is 25.3. The number of hydrogen-bond acceptors (Lipinski definition) is 35. The number of halogens is 3. The molecule has 3 amide bonds. The lowest BCUT2D eigenvalue weighted by Gasteiger charge is -2.52. The summed E-state index contributed by atoms with van der Waals surface area (Å²) < 4.78 is 108. The lowest BCUT2D eigenvalue weighted by molar-refractivity contribution is -0.365. The maximum absolute atomic E-state index is 15.3. The number of carbonyl (C=O) groups is 15. The molecule has 5 rings (SSSR count). The smallest absolute Gasteiger partial charge is 0.366 e. The second-order valence-corrected chi connectivity index (χ2v) is 25.4. The summed E-state index contributed by atoms with van der Waals surface area (Å²) in [4.78, 5) is 206. The van der Waals surface area contributed by atoms with Gasteiger partial charge in [0.05, 0.1) is 44.2 Å². The predicted octanol–water partition coefficient (Wildman–Crippen LogP) is 1.86. The van der Waals surface area contributed by atoms with Gasteiger partial charge in [0.2, 0.25) is 29.9 Å². The largest absolute Gasteiger partial charge is 0.465 e. The van der Waals surface area contributed by atoms with Crippen molar-refractivity contribution in [3.05, 3.63) is 71.8 Å². The van der Waals surface area contributed by atoms with Crippen molar-refractivity contribution >= 4 is 130 Å². The number of methoxy groups -OCH3 is 3. The number of esters is 12. The van der Waals surface area contributed by atoms with Crippen LogP contribution in [0.15, 0.2) is 60.7 Å². The topological polar surface area (TPSA) is 471 Å². The number of benzene rings is 2. The molecule has 0 aromatic heterocycles. The van der Waals surface area contributed by atoms with Crippen LogP contribution in [0.25, 0.3) is 0 Å². The fourth-order valence-electron chi connectivity index (χ4n) is 11.3. The van der Waals surface area contributed by atoms with E-state index >= 15 is 9.59 Å². The summed E-state index contributed by atoms with van der Waals surface area (Å²) in [5, 5.41) is 11.1. The number of imide groups is 1. The van der Waals surface area contributed by atoms with Crippen molar-refractivity contribution in [2.24, 2.45) is 0 Å². The molecule has 0 aliphatic carbocycles. The SMILES string of the molecule is COC(=O)[C@@]1(O[C@H]2[C@@H](OC(C)=O)[C@@H](COC(=O)c3ccccc3)O[C@@H](OC(=N)C(Cl)(Cl)Cl)[C@@H]2OC(=O)c2ccccc2)C[C@H](OC(C)=O)[C@@H](NC(=O)CO[C@]2(C(=O)OC)C[C@H](OC(C)=O)[C@@H](N(C(C)=O)C(C)=O)[C@H]([C@H](OC(C)=O)[C@@H](COC(C)=O)OC)O2)[C@H]([C@H](OC(C)=O)[C@@H](COC(C)=O)OC(C)=O)O1. The van der Waals surface area contributed by atoms with E-state index in [4.69, 9.17) is 130 Å². The van der Waals surface area contributed by atoms with Gasteiger partial charge in [0, 0.05) is 76.3 Å². The van der Waals surface area contributed by atoms with Crippen LogP contribution in [0, 0.1) is 5.41 Å². The fourth-order valence-corrected chi connectivity index (χ4v) is 11.5. The summed E-state index contributed by atoms with van der Waals surface area (Å²) in [6, 6.07) is 9.92. The van der Waals surface area contributed by atoms with Gasteiger partial charge in [-0.15, -0.1) is 0 Å². The monoisotopic (exact) mass is 1550 g/mol. The molecule has 3 saturated heterocycles. The van der Waals surface area contributed by atoms with Crippen LogP contribution in [-0.4, -0.2) is 255 Å². The van der Waals surface area contributed by atoms with Crippen LogP contribution in [0.2, 0.25) is 0 Å². The molecule has 3 aliphatic rings. The summed E-state index contributed by atoms with van der Waals surface area (Å²) in [5.41, 5.74) is -0.273. The minimum Gasteiger partial charge on any atom is -0.465 e. The number of rotatable bonds is 30.